The van der Waals surface area contributed by atoms with E-state index in [2.05, 4.69) is 27.1 Å². The van der Waals surface area contributed by atoms with Crippen LogP contribution in [-0.4, -0.2) is 46.6 Å². The fourth-order valence-electron chi connectivity index (χ4n) is 3.77. The molecule has 2 aromatic rings. The summed E-state index contributed by atoms with van der Waals surface area (Å²) in [5, 5.41) is 22.5. The molecule has 0 saturated heterocycles. The molecule has 0 aliphatic heterocycles. The van der Waals surface area contributed by atoms with Gasteiger partial charge in [0.1, 0.15) is 6.04 Å². The Kier molecular flexibility index (Phi) is 8.26. The number of hydrogen-bond acceptors (Lipinski definition) is 5. The number of nitrogens with one attached hydrogen (secondary N) is 3. The van der Waals surface area contributed by atoms with Crippen LogP contribution in [0.4, 0.5) is 0 Å². The molecule has 0 radical (unpaired) electrons. The van der Waals surface area contributed by atoms with E-state index in [0.717, 1.165) is 36.6 Å². The van der Waals surface area contributed by atoms with Crippen LogP contribution in [0.2, 0.25) is 0 Å². The topological polar surface area (TPSA) is 129 Å². The predicted molar refractivity (Wildman–Crippen MR) is 129 cm³/mol. The van der Waals surface area contributed by atoms with Crippen molar-refractivity contribution >= 4 is 28.6 Å². The average Bonchev–Trinajstić information content (AvgIpc) is 3.59. The number of benzene rings is 1. The summed E-state index contributed by atoms with van der Waals surface area (Å²) in [5.74, 6) is -0.561. The molecule has 1 saturated carbocycles. The Morgan fingerprint density at radius 2 is 1.85 bits per heavy atom. The predicted octanol–water partition coefficient (Wildman–Crippen LogP) is 2.52. The maximum atomic E-state index is 13.2. The van der Waals surface area contributed by atoms with Crippen molar-refractivity contribution in [1.82, 2.24) is 25.7 Å². The maximum absolute atomic E-state index is 13.2. The van der Waals surface area contributed by atoms with Crippen molar-refractivity contribution < 1.29 is 14.4 Å². The monoisotopic (exact) mass is 466 g/mol. The van der Waals surface area contributed by atoms with Crippen molar-refractivity contribution in [3.05, 3.63) is 30.0 Å². The molecule has 1 aromatic carbocycles. The van der Waals surface area contributed by atoms with Crippen LogP contribution < -0.4 is 16.0 Å². The molecule has 1 fully saturated rings. The Morgan fingerprint density at radius 3 is 2.53 bits per heavy atom. The third-order valence-corrected chi connectivity index (χ3v) is 5.86. The van der Waals surface area contributed by atoms with Gasteiger partial charge in [-0.2, -0.15) is 10.4 Å². The van der Waals surface area contributed by atoms with Crippen LogP contribution in [0.5, 0.6) is 0 Å². The van der Waals surface area contributed by atoms with E-state index >= 15 is 0 Å². The lowest BCUT2D eigenvalue weighted by molar-refractivity contribution is -0.126. The van der Waals surface area contributed by atoms with Crippen LogP contribution in [0.1, 0.15) is 63.4 Å². The molecule has 1 atom stereocenters. The van der Waals surface area contributed by atoms with E-state index < -0.39 is 17.4 Å². The van der Waals surface area contributed by atoms with Gasteiger partial charge < -0.3 is 16.0 Å². The number of unbranched alkanes of at least 4 members (excludes halogenated alkanes) is 2. The minimum atomic E-state index is -0.779. The van der Waals surface area contributed by atoms with Gasteiger partial charge in [0.25, 0.3) is 5.91 Å². The van der Waals surface area contributed by atoms with Crippen LogP contribution in [0.3, 0.4) is 0 Å². The standard InChI is InChI=1S/C25H34N6O3/c1-25(2,3)21(24(34)28-15-14-27-22(32)17-11-12-17)29-23(33)20-18-9-5-6-10-19(18)31(30-20)16-8-4-7-13-26/h5-6,9-10,17,21H,4,7-8,11-12,14-16H2,1-3H3,(H,27,32)(H,28,34)(H,29,33). The number of nitrogens with zero attached hydrogens (tertiary/aromatic N) is 3. The van der Waals surface area contributed by atoms with Gasteiger partial charge in [-0.05, 0) is 37.2 Å². The van der Waals surface area contributed by atoms with Crippen LogP contribution in [0.25, 0.3) is 10.9 Å². The van der Waals surface area contributed by atoms with Gasteiger partial charge in [0.2, 0.25) is 11.8 Å². The lowest BCUT2D eigenvalue weighted by atomic mass is 9.86. The smallest absolute Gasteiger partial charge is 0.273 e. The molecule has 9 nitrogen and oxygen atoms in total. The molecule has 3 amide bonds. The van der Waals surface area contributed by atoms with Crippen LogP contribution in [0, 0.1) is 22.7 Å². The molecule has 1 aliphatic rings. The van der Waals surface area contributed by atoms with Gasteiger partial charge in [-0.25, -0.2) is 0 Å². The van der Waals surface area contributed by atoms with Crippen molar-refractivity contribution in [3.63, 3.8) is 0 Å². The zero-order valence-corrected chi connectivity index (χ0v) is 20.2. The Morgan fingerprint density at radius 1 is 1.15 bits per heavy atom. The second-order valence-electron chi connectivity index (χ2n) is 9.83. The van der Waals surface area contributed by atoms with Crippen molar-refractivity contribution in [2.24, 2.45) is 11.3 Å². The Bertz CT molecular complexity index is 1070. The first-order chi connectivity index (χ1) is 16.2. The highest BCUT2D eigenvalue weighted by atomic mass is 16.2. The minimum Gasteiger partial charge on any atom is -0.354 e. The number of carbonyl (C=O) groups excluding carboxylic acids is 3. The summed E-state index contributed by atoms with van der Waals surface area (Å²) in [5.41, 5.74) is 0.578. The lowest BCUT2D eigenvalue weighted by Crippen LogP contribution is -2.54. The summed E-state index contributed by atoms with van der Waals surface area (Å²) in [6.07, 6.45) is 3.89. The van der Waals surface area contributed by atoms with Crippen LogP contribution in [-0.2, 0) is 16.1 Å². The van der Waals surface area contributed by atoms with Gasteiger partial charge in [-0.3, -0.25) is 19.1 Å². The fourth-order valence-corrected chi connectivity index (χ4v) is 3.77. The van der Waals surface area contributed by atoms with Crippen LogP contribution >= 0.6 is 0 Å². The van der Waals surface area contributed by atoms with Crippen molar-refractivity contribution in [2.75, 3.05) is 13.1 Å². The van der Waals surface area contributed by atoms with Crippen molar-refractivity contribution in [2.45, 2.75) is 65.5 Å². The molecule has 3 rings (SSSR count). The lowest BCUT2D eigenvalue weighted by Gasteiger charge is -2.30. The van der Waals surface area contributed by atoms with E-state index in [-0.39, 0.29) is 23.4 Å². The summed E-state index contributed by atoms with van der Waals surface area (Å²) in [4.78, 5) is 37.9. The zero-order chi connectivity index (χ0) is 24.7. The highest BCUT2D eigenvalue weighted by Gasteiger charge is 2.34. The summed E-state index contributed by atoms with van der Waals surface area (Å²) in [6, 6.07) is 8.86. The second-order valence-corrected chi connectivity index (χ2v) is 9.83. The third-order valence-electron chi connectivity index (χ3n) is 5.86. The Labute approximate surface area is 200 Å². The first-order valence-corrected chi connectivity index (χ1v) is 11.9. The SMILES string of the molecule is CC(C)(C)C(NC(=O)c1nn(CCCCC#N)c2ccccc12)C(=O)NCCNC(=O)C1CC1. The first-order valence-electron chi connectivity index (χ1n) is 11.9. The maximum Gasteiger partial charge on any atom is 0.273 e. The third kappa shape index (κ3) is 6.56. The molecule has 1 aromatic heterocycles. The number of nitriles is 1. The van der Waals surface area contributed by atoms with Gasteiger partial charge in [-0.1, -0.05) is 39.0 Å². The number of amides is 3. The van der Waals surface area contributed by atoms with Gasteiger partial charge in [0.15, 0.2) is 5.69 Å². The first kappa shape index (κ1) is 25.2. The Hall–Kier alpha value is -3.41. The highest BCUT2D eigenvalue weighted by molar-refractivity contribution is 6.06. The molecule has 1 aliphatic carbocycles. The zero-order valence-electron chi connectivity index (χ0n) is 20.2. The molecule has 1 heterocycles. The number of aromatic nitrogens is 2. The van der Waals surface area contributed by atoms with Gasteiger partial charge in [0.05, 0.1) is 11.6 Å². The van der Waals surface area contributed by atoms with E-state index in [1.54, 1.807) is 4.68 Å². The number of fused-ring (bicyclic) bond motifs is 1. The van der Waals surface area contributed by atoms with Crippen LogP contribution in [0.15, 0.2) is 24.3 Å². The number of aryl methyl sites for hydroxylation is 1. The Balaban J connectivity index is 1.67. The largest absolute Gasteiger partial charge is 0.354 e. The molecule has 0 bridgehead atoms. The quantitative estimate of drug-likeness (QED) is 0.438. The summed E-state index contributed by atoms with van der Waals surface area (Å²) in [6.45, 7) is 6.91. The molecular formula is C25H34N6O3. The molecule has 34 heavy (non-hydrogen) atoms. The van der Waals surface area contributed by atoms with E-state index in [4.69, 9.17) is 5.26 Å². The molecule has 9 heteroatoms. The van der Waals surface area contributed by atoms with Gasteiger partial charge >= 0.3 is 0 Å². The van der Waals surface area contributed by atoms with Gasteiger partial charge in [0, 0.05) is 37.4 Å². The van der Waals surface area contributed by atoms with E-state index in [0.29, 0.717) is 26.1 Å². The number of para-hydroxylation sites is 1. The highest BCUT2D eigenvalue weighted by Crippen LogP contribution is 2.28. The number of carbonyl (C=O) groups is 3. The summed E-state index contributed by atoms with van der Waals surface area (Å²) in [7, 11) is 0. The molecule has 182 valence electrons. The van der Waals surface area contributed by atoms with E-state index in [1.807, 2.05) is 45.0 Å². The molecule has 3 N–H and O–H groups in total. The summed E-state index contributed by atoms with van der Waals surface area (Å²) >= 11 is 0. The van der Waals surface area contributed by atoms with E-state index in [1.165, 1.54) is 0 Å². The van der Waals surface area contributed by atoms with Gasteiger partial charge in [-0.15, -0.1) is 0 Å². The molecule has 0 spiro atoms. The molecule has 1 unspecified atom stereocenters. The van der Waals surface area contributed by atoms with Crippen molar-refractivity contribution in [1.29, 1.82) is 5.26 Å². The number of hydrogen-bond donors (Lipinski definition) is 3. The molecular weight excluding hydrogens is 432 g/mol. The fraction of sp³-hybridized carbons (Fsp3) is 0.560. The van der Waals surface area contributed by atoms with E-state index in [9.17, 15) is 14.4 Å². The minimum absolute atomic E-state index is 0.0324. The van der Waals surface area contributed by atoms with Crippen molar-refractivity contribution in [3.8, 4) is 6.07 Å². The average molecular weight is 467 g/mol. The normalized spacial score (nSPS) is 14.3. The summed E-state index contributed by atoms with van der Waals surface area (Å²) < 4.78 is 1.79. The second kappa shape index (κ2) is 11.1. The number of rotatable bonds is 11.